The van der Waals surface area contributed by atoms with Crippen molar-refractivity contribution in [3.63, 3.8) is 0 Å². The van der Waals surface area contributed by atoms with Gasteiger partial charge in [-0.2, -0.15) is 0 Å². The second-order valence-electron chi connectivity index (χ2n) is 6.70. The number of amides is 1. The zero-order chi connectivity index (χ0) is 20.6. The summed E-state index contributed by atoms with van der Waals surface area (Å²) in [5, 5.41) is 7.03. The molecule has 6 heteroatoms. The van der Waals surface area contributed by atoms with Crippen LogP contribution in [0, 0.1) is 0 Å². The number of anilines is 2. The molecule has 0 unspecified atom stereocenters. The molecular weight excluding hydrogens is 382 g/mol. The number of aryl methyl sites for hydroxylation is 1. The van der Waals surface area contributed by atoms with Crippen molar-refractivity contribution in [3.05, 3.63) is 81.5 Å². The summed E-state index contributed by atoms with van der Waals surface area (Å²) in [6, 6.07) is 19.2. The molecule has 29 heavy (non-hydrogen) atoms. The number of carbonyl (C=O) groups excluding carboxylic acids is 1. The van der Waals surface area contributed by atoms with Gasteiger partial charge in [0, 0.05) is 4.88 Å². The van der Waals surface area contributed by atoms with Gasteiger partial charge >= 0.3 is 0 Å². The van der Waals surface area contributed by atoms with E-state index in [9.17, 15) is 4.79 Å². The Morgan fingerprint density at radius 2 is 1.86 bits per heavy atom. The number of nitrogens with one attached hydrogen (secondary N) is 1. The van der Waals surface area contributed by atoms with Crippen molar-refractivity contribution in [1.29, 1.82) is 0 Å². The van der Waals surface area contributed by atoms with Crippen LogP contribution in [-0.2, 0) is 17.9 Å². The molecule has 3 rings (SSSR count). The minimum Gasteiger partial charge on any atom is -0.397 e. The van der Waals surface area contributed by atoms with Crippen molar-refractivity contribution in [3.8, 4) is 0 Å². The van der Waals surface area contributed by atoms with E-state index in [1.54, 1.807) is 18.2 Å². The number of carbonyl (C=O) groups is 1. The molecule has 3 aromatic rings. The maximum Gasteiger partial charge on any atom is 0.265 e. The Morgan fingerprint density at radius 3 is 2.59 bits per heavy atom. The first-order chi connectivity index (χ1) is 14.1. The molecule has 0 radical (unpaired) electrons. The van der Waals surface area contributed by atoms with E-state index in [1.165, 1.54) is 16.9 Å². The van der Waals surface area contributed by atoms with Crippen LogP contribution >= 0.6 is 11.3 Å². The first-order valence-corrected chi connectivity index (χ1v) is 10.4. The lowest BCUT2D eigenvalue weighted by Gasteiger charge is -2.06. The van der Waals surface area contributed by atoms with Gasteiger partial charge in [0.2, 0.25) is 0 Å². The van der Waals surface area contributed by atoms with Gasteiger partial charge in [-0.1, -0.05) is 54.9 Å². The average molecular weight is 408 g/mol. The Balaban J connectivity index is 1.55. The smallest absolute Gasteiger partial charge is 0.265 e. The fraction of sp³-hybridized carbons (Fsp3) is 0.217. The second-order valence-corrected chi connectivity index (χ2v) is 7.87. The van der Waals surface area contributed by atoms with Gasteiger partial charge in [-0.25, -0.2) is 0 Å². The Kier molecular flexibility index (Phi) is 7.03. The molecule has 3 N–H and O–H groups in total. The number of oxime groups is 1. The van der Waals surface area contributed by atoms with Crippen LogP contribution in [0.25, 0.3) is 0 Å². The minimum absolute atomic E-state index is 0.189. The molecular formula is C23H25N3O2S. The fourth-order valence-corrected chi connectivity index (χ4v) is 3.63. The zero-order valence-electron chi connectivity index (χ0n) is 16.6. The van der Waals surface area contributed by atoms with Crippen LogP contribution in [0.1, 0.15) is 45.9 Å². The van der Waals surface area contributed by atoms with E-state index in [2.05, 4.69) is 41.7 Å². The highest BCUT2D eigenvalue weighted by Crippen LogP contribution is 2.22. The molecule has 1 aromatic heterocycles. The van der Waals surface area contributed by atoms with Crippen molar-refractivity contribution in [2.45, 2.75) is 33.3 Å². The normalized spacial score (nSPS) is 11.3. The number of para-hydroxylation sites is 2. The molecule has 150 valence electrons. The van der Waals surface area contributed by atoms with E-state index < -0.39 is 0 Å². The summed E-state index contributed by atoms with van der Waals surface area (Å²) in [4.78, 5) is 19.4. The topological polar surface area (TPSA) is 76.7 Å². The molecule has 0 atom stereocenters. The van der Waals surface area contributed by atoms with Gasteiger partial charge in [0.05, 0.1) is 22.0 Å². The molecule has 0 aliphatic carbocycles. The van der Waals surface area contributed by atoms with Crippen molar-refractivity contribution in [1.82, 2.24) is 0 Å². The largest absolute Gasteiger partial charge is 0.397 e. The number of thiophene rings is 1. The van der Waals surface area contributed by atoms with Crippen LogP contribution in [-0.4, -0.2) is 11.6 Å². The van der Waals surface area contributed by atoms with Crippen LogP contribution in [0.4, 0.5) is 11.4 Å². The highest BCUT2D eigenvalue weighted by Gasteiger charge is 2.11. The van der Waals surface area contributed by atoms with E-state index in [4.69, 9.17) is 10.6 Å². The summed E-state index contributed by atoms with van der Waals surface area (Å²) in [6.07, 6.45) is 2.22. The van der Waals surface area contributed by atoms with E-state index in [0.717, 1.165) is 29.0 Å². The highest BCUT2D eigenvalue weighted by molar-refractivity contribution is 7.14. The molecule has 0 aliphatic rings. The zero-order valence-corrected chi connectivity index (χ0v) is 17.5. The van der Waals surface area contributed by atoms with Crippen LogP contribution in [0.2, 0.25) is 0 Å². The van der Waals surface area contributed by atoms with E-state index >= 15 is 0 Å². The molecule has 5 nitrogen and oxygen atoms in total. The average Bonchev–Trinajstić information content (AvgIpc) is 3.19. The first-order valence-electron chi connectivity index (χ1n) is 9.57. The summed E-state index contributed by atoms with van der Waals surface area (Å²) in [7, 11) is 0. The fourth-order valence-electron chi connectivity index (χ4n) is 2.82. The standard InChI is InChI=1S/C23H25N3O2S/c1-3-6-17-9-11-18(12-10-17)16(2)26-28-15-19-13-14-22(29-19)23(27)25-21-8-5-4-7-20(21)24/h4-5,7-14H,3,6,15,24H2,1-2H3,(H,25,27). The van der Waals surface area contributed by atoms with Gasteiger partial charge in [0.15, 0.2) is 6.61 Å². The number of benzene rings is 2. The molecule has 2 aromatic carbocycles. The molecule has 0 fully saturated rings. The summed E-state index contributed by atoms with van der Waals surface area (Å²) in [5.74, 6) is -0.189. The van der Waals surface area contributed by atoms with E-state index in [1.807, 2.05) is 25.1 Å². The lowest BCUT2D eigenvalue weighted by molar-refractivity contribution is 0.103. The first kappa shape index (κ1) is 20.6. The van der Waals surface area contributed by atoms with Crippen LogP contribution in [0.15, 0.2) is 65.8 Å². The third-order valence-corrected chi connectivity index (χ3v) is 5.47. The molecule has 0 spiro atoms. The molecule has 0 bridgehead atoms. The third kappa shape index (κ3) is 5.68. The molecule has 0 saturated heterocycles. The van der Waals surface area contributed by atoms with Crippen LogP contribution in [0.5, 0.6) is 0 Å². The summed E-state index contributed by atoms with van der Waals surface area (Å²) < 4.78 is 0. The Hall–Kier alpha value is -3.12. The van der Waals surface area contributed by atoms with Crippen molar-refractivity contribution in [2.24, 2.45) is 5.16 Å². The lowest BCUT2D eigenvalue weighted by atomic mass is 10.1. The Labute approximate surface area is 175 Å². The molecule has 0 aliphatic heterocycles. The second kappa shape index (κ2) is 9.89. The minimum atomic E-state index is -0.189. The Bertz CT molecular complexity index is 993. The molecule has 1 heterocycles. The third-order valence-electron chi connectivity index (χ3n) is 4.41. The van der Waals surface area contributed by atoms with Crippen molar-refractivity contribution >= 4 is 34.3 Å². The van der Waals surface area contributed by atoms with Gasteiger partial charge in [-0.05, 0) is 48.7 Å². The Morgan fingerprint density at radius 1 is 1.10 bits per heavy atom. The number of nitrogen functional groups attached to an aromatic ring is 1. The van der Waals surface area contributed by atoms with Crippen LogP contribution in [0.3, 0.4) is 0 Å². The number of nitrogens with two attached hydrogens (primary N) is 1. The van der Waals surface area contributed by atoms with Gasteiger partial charge in [0.25, 0.3) is 5.91 Å². The van der Waals surface area contributed by atoms with Gasteiger partial charge in [-0.3, -0.25) is 4.79 Å². The van der Waals surface area contributed by atoms with E-state index in [-0.39, 0.29) is 5.91 Å². The van der Waals surface area contributed by atoms with Crippen LogP contribution < -0.4 is 11.1 Å². The maximum absolute atomic E-state index is 12.4. The highest BCUT2D eigenvalue weighted by atomic mass is 32.1. The number of nitrogens with zero attached hydrogens (tertiary/aromatic N) is 1. The quantitative estimate of drug-likeness (QED) is 0.295. The van der Waals surface area contributed by atoms with E-state index in [0.29, 0.717) is 22.9 Å². The van der Waals surface area contributed by atoms with Crippen molar-refractivity contribution < 1.29 is 9.63 Å². The number of hydrogen-bond acceptors (Lipinski definition) is 5. The molecule has 1 amide bonds. The van der Waals surface area contributed by atoms with Gasteiger partial charge in [-0.15, -0.1) is 11.3 Å². The SMILES string of the molecule is CCCc1ccc(C(C)=NOCc2ccc(C(=O)Nc3ccccc3N)s2)cc1. The number of hydrogen-bond donors (Lipinski definition) is 2. The van der Waals surface area contributed by atoms with Gasteiger partial charge in [0.1, 0.15) is 0 Å². The summed E-state index contributed by atoms with van der Waals surface area (Å²) >= 11 is 1.37. The predicted molar refractivity (Wildman–Crippen MR) is 121 cm³/mol. The number of rotatable bonds is 8. The molecule has 0 saturated carbocycles. The van der Waals surface area contributed by atoms with Crippen molar-refractivity contribution in [2.75, 3.05) is 11.1 Å². The summed E-state index contributed by atoms with van der Waals surface area (Å²) in [6.45, 7) is 4.41. The monoisotopic (exact) mass is 407 g/mol. The predicted octanol–water partition coefficient (Wildman–Crippen LogP) is 5.48. The van der Waals surface area contributed by atoms with Gasteiger partial charge < -0.3 is 15.9 Å². The summed E-state index contributed by atoms with van der Waals surface area (Å²) in [5.41, 5.74) is 10.2. The lowest BCUT2D eigenvalue weighted by Crippen LogP contribution is -2.11. The maximum atomic E-state index is 12.4.